The van der Waals surface area contributed by atoms with E-state index in [0.717, 1.165) is 29.9 Å². The molecular weight excluding hydrogens is 260 g/mol. The fraction of sp³-hybridized carbons (Fsp3) is 0.222. The molecule has 0 saturated heterocycles. The molecule has 0 bridgehead atoms. The molecule has 1 atom stereocenters. The molecule has 2 heterocycles. The predicted molar refractivity (Wildman–Crippen MR) is 83.3 cm³/mol. The zero-order chi connectivity index (χ0) is 14.2. The summed E-state index contributed by atoms with van der Waals surface area (Å²) in [5.41, 5.74) is 5.84. The lowest BCUT2D eigenvalue weighted by Gasteiger charge is -2.06. The van der Waals surface area contributed by atoms with Crippen molar-refractivity contribution in [1.82, 2.24) is 4.98 Å². The molecule has 0 N–H and O–H groups in total. The Bertz CT molecular complexity index is 734. The summed E-state index contributed by atoms with van der Waals surface area (Å²) in [6.45, 7) is 4.71. The number of aromatic nitrogens is 1. The Kier molecular flexibility index (Phi) is 2.85. The molecular formula is C18H16N2O. The normalized spacial score (nSPS) is 20.1. The molecule has 2 aliphatic rings. The van der Waals surface area contributed by atoms with Crippen LogP contribution in [-0.2, 0) is 11.2 Å². The van der Waals surface area contributed by atoms with E-state index >= 15 is 0 Å². The van der Waals surface area contributed by atoms with Crippen LogP contribution in [0.1, 0.15) is 34.7 Å². The van der Waals surface area contributed by atoms with Crippen molar-refractivity contribution in [2.45, 2.75) is 18.9 Å². The van der Waals surface area contributed by atoms with Crippen molar-refractivity contribution >= 4 is 11.5 Å². The highest BCUT2D eigenvalue weighted by Gasteiger charge is 2.26. The minimum absolute atomic E-state index is 0.0849. The van der Waals surface area contributed by atoms with Crippen molar-refractivity contribution in [2.24, 2.45) is 4.99 Å². The number of fused-ring (bicyclic) bond motifs is 1. The number of rotatable bonds is 2. The van der Waals surface area contributed by atoms with Gasteiger partial charge in [0, 0.05) is 12.4 Å². The maximum Gasteiger partial charge on any atom is 0.218 e. The van der Waals surface area contributed by atoms with Crippen LogP contribution >= 0.6 is 0 Å². The number of hydrogen-bond donors (Lipinski definition) is 0. The molecule has 21 heavy (non-hydrogen) atoms. The van der Waals surface area contributed by atoms with Crippen molar-refractivity contribution < 1.29 is 4.74 Å². The van der Waals surface area contributed by atoms with E-state index < -0.39 is 0 Å². The van der Waals surface area contributed by atoms with Crippen molar-refractivity contribution in [3.05, 3.63) is 71.6 Å². The Morgan fingerprint density at radius 1 is 1.05 bits per heavy atom. The summed E-state index contributed by atoms with van der Waals surface area (Å²) in [4.78, 5) is 9.08. The highest BCUT2D eigenvalue weighted by Crippen LogP contribution is 2.34. The average Bonchev–Trinajstić information content (AvgIpc) is 3.16. The summed E-state index contributed by atoms with van der Waals surface area (Å²) < 4.78 is 5.85. The monoisotopic (exact) mass is 276 g/mol. The number of pyridine rings is 1. The molecule has 4 rings (SSSR count). The SMILES string of the molecule is C=C1CCc2c1cncc2C1=N[C@H](c2ccccc2)CO1. The van der Waals surface area contributed by atoms with Crippen LogP contribution in [0.5, 0.6) is 0 Å². The van der Waals surface area contributed by atoms with Gasteiger partial charge in [0.2, 0.25) is 5.90 Å². The van der Waals surface area contributed by atoms with Gasteiger partial charge in [0.1, 0.15) is 12.6 Å². The summed E-state index contributed by atoms with van der Waals surface area (Å²) in [6, 6.07) is 10.4. The highest BCUT2D eigenvalue weighted by atomic mass is 16.5. The van der Waals surface area contributed by atoms with Crippen LogP contribution in [0.3, 0.4) is 0 Å². The van der Waals surface area contributed by atoms with E-state index in [1.165, 1.54) is 16.7 Å². The molecule has 0 fully saturated rings. The van der Waals surface area contributed by atoms with Gasteiger partial charge in [-0.15, -0.1) is 0 Å². The molecule has 1 aromatic carbocycles. The lowest BCUT2D eigenvalue weighted by atomic mass is 10.1. The summed E-state index contributed by atoms with van der Waals surface area (Å²) in [5.74, 6) is 0.725. The van der Waals surface area contributed by atoms with Crippen molar-refractivity contribution in [3.8, 4) is 0 Å². The van der Waals surface area contributed by atoms with Crippen LogP contribution in [0, 0.1) is 0 Å². The maximum absolute atomic E-state index is 5.85. The van der Waals surface area contributed by atoms with Gasteiger partial charge in [0.25, 0.3) is 0 Å². The van der Waals surface area contributed by atoms with E-state index in [1.807, 2.05) is 30.6 Å². The van der Waals surface area contributed by atoms with Gasteiger partial charge in [0.05, 0.1) is 5.56 Å². The van der Waals surface area contributed by atoms with Crippen molar-refractivity contribution in [1.29, 1.82) is 0 Å². The van der Waals surface area contributed by atoms with Crippen molar-refractivity contribution in [2.75, 3.05) is 6.61 Å². The molecule has 104 valence electrons. The average molecular weight is 276 g/mol. The zero-order valence-electron chi connectivity index (χ0n) is 11.7. The van der Waals surface area contributed by atoms with E-state index in [4.69, 9.17) is 9.73 Å². The van der Waals surface area contributed by atoms with Gasteiger partial charge in [-0.25, -0.2) is 4.99 Å². The fourth-order valence-electron chi connectivity index (χ4n) is 3.02. The Morgan fingerprint density at radius 2 is 1.86 bits per heavy atom. The second-order valence-corrected chi connectivity index (χ2v) is 5.49. The lowest BCUT2D eigenvalue weighted by Crippen LogP contribution is -2.06. The number of benzene rings is 1. The Morgan fingerprint density at radius 3 is 2.71 bits per heavy atom. The second kappa shape index (κ2) is 4.85. The quantitative estimate of drug-likeness (QED) is 0.840. The summed E-state index contributed by atoms with van der Waals surface area (Å²) in [5, 5.41) is 0. The van der Waals surface area contributed by atoms with E-state index in [1.54, 1.807) is 0 Å². The van der Waals surface area contributed by atoms with Gasteiger partial charge in [-0.2, -0.15) is 0 Å². The lowest BCUT2D eigenvalue weighted by molar-refractivity contribution is 0.319. The van der Waals surface area contributed by atoms with Gasteiger partial charge in [-0.3, -0.25) is 4.98 Å². The van der Waals surface area contributed by atoms with Crippen LogP contribution < -0.4 is 0 Å². The molecule has 0 saturated carbocycles. The van der Waals surface area contributed by atoms with Crippen LogP contribution in [0.15, 0.2) is 54.3 Å². The van der Waals surface area contributed by atoms with E-state index in [0.29, 0.717) is 6.61 Å². The van der Waals surface area contributed by atoms with Crippen LogP contribution in [-0.4, -0.2) is 17.5 Å². The Balaban J connectivity index is 1.71. The van der Waals surface area contributed by atoms with Crippen LogP contribution in [0.2, 0.25) is 0 Å². The second-order valence-electron chi connectivity index (χ2n) is 5.49. The first-order valence-corrected chi connectivity index (χ1v) is 7.24. The molecule has 0 amide bonds. The summed E-state index contributed by atoms with van der Waals surface area (Å²) in [7, 11) is 0. The minimum Gasteiger partial charge on any atom is -0.475 e. The first-order valence-electron chi connectivity index (χ1n) is 7.24. The third-order valence-corrected chi connectivity index (χ3v) is 4.18. The first-order chi connectivity index (χ1) is 10.3. The van der Waals surface area contributed by atoms with Crippen LogP contribution in [0.4, 0.5) is 0 Å². The summed E-state index contributed by atoms with van der Waals surface area (Å²) >= 11 is 0. The Hall–Kier alpha value is -2.42. The molecule has 3 heteroatoms. The smallest absolute Gasteiger partial charge is 0.218 e. The van der Waals surface area contributed by atoms with Crippen molar-refractivity contribution in [3.63, 3.8) is 0 Å². The molecule has 0 unspecified atom stereocenters. The number of nitrogens with zero attached hydrogens (tertiary/aromatic N) is 2. The van der Waals surface area contributed by atoms with Gasteiger partial charge in [-0.1, -0.05) is 36.9 Å². The minimum atomic E-state index is 0.0849. The van der Waals surface area contributed by atoms with E-state index in [2.05, 4.69) is 23.7 Å². The number of allylic oxidation sites excluding steroid dienone is 1. The molecule has 3 nitrogen and oxygen atoms in total. The molecule has 1 aliphatic carbocycles. The number of hydrogen-bond acceptors (Lipinski definition) is 3. The molecule has 1 aliphatic heterocycles. The maximum atomic E-state index is 5.85. The van der Waals surface area contributed by atoms with Crippen LogP contribution in [0.25, 0.3) is 5.57 Å². The fourth-order valence-corrected chi connectivity index (χ4v) is 3.02. The largest absolute Gasteiger partial charge is 0.475 e. The van der Waals surface area contributed by atoms with Gasteiger partial charge < -0.3 is 4.74 Å². The Labute approximate surface area is 124 Å². The highest BCUT2D eigenvalue weighted by molar-refractivity contribution is 5.98. The number of aliphatic imine (C=N–C) groups is 1. The zero-order valence-corrected chi connectivity index (χ0v) is 11.7. The molecule has 0 radical (unpaired) electrons. The van der Waals surface area contributed by atoms with E-state index in [-0.39, 0.29) is 6.04 Å². The van der Waals surface area contributed by atoms with Gasteiger partial charge in [0.15, 0.2) is 0 Å². The number of ether oxygens (including phenoxy) is 1. The topological polar surface area (TPSA) is 34.5 Å². The molecule has 0 spiro atoms. The standard InChI is InChI=1S/C18H16N2O/c1-12-7-8-14-15(12)9-19-10-16(14)18-20-17(11-21-18)13-5-3-2-4-6-13/h2-6,9-10,17H,1,7-8,11H2/t17-/m0/s1. The molecule has 2 aromatic rings. The third-order valence-electron chi connectivity index (χ3n) is 4.18. The van der Waals surface area contributed by atoms with Gasteiger partial charge >= 0.3 is 0 Å². The van der Waals surface area contributed by atoms with E-state index in [9.17, 15) is 0 Å². The third kappa shape index (κ3) is 2.05. The summed E-state index contributed by atoms with van der Waals surface area (Å²) in [6.07, 6.45) is 5.77. The predicted octanol–water partition coefficient (Wildman–Crippen LogP) is 3.56. The first kappa shape index (κ1) is 12.3. The van der Waals surface area contributed by atoms with Gasteiger partial charge in [-0.05, 0) is 35.1 Å². The molecule has 1 aromatic heterocycles.